The van der Waals surface area contributed by atoms with Gasteiger partial charge in [0.2, 0.25) is 0 Å². The summed E-state index contributed by atoms with van der Waals surface area (Å²) in [6.07, 6.45) is 0. The predicted molar refractivity (Wildman–Crippen MR) is 106 cm³/mol. The fourth-order valence-corrected chi connectivity index (χ4v) is 3.24. The molecule has 0 amide bonds. The van der Waals surface area contributed by atoms with Crippen molar-refractivity contribution < 1.29 is 18.7 Å². The molecule has 2 N–H and O–H groups in total. The summed E-state index contributed by atoms with van der Waals surface area (Å²) in [5.41, 5.74) is 1.87. The number of thiocarbonyl (C=S) groups is 1. The second-order valence-electron chi connectivity index (χ2n) is 5.91. The molecule has 6 nitrogen and oxygen atoms in total. The van der Waals surface area contributed by atoms with Crippen LogP contribution in [0, 0.1) is 0 Å². The number of nitrogens with one attached hydrogen (secondary N) is 2. The van der Waals surface area contributed by atoms with Crippen LogP contribution in [-0.4, -0.2) is 31.4 Å². The van der Waals surface area contributed by atoms with Crippen molar-refractivity contribution in [3.05, 3.63) is 58.5 Å². The van der Waals surface area contributed by atoms with Crippen LogP contribution < -0.4 is 10.6 Å². The average molecular weight is 407 g/mol. The summed E-state index contributed by atoms with van der Waals surface area (Å²) in [5, 5.41) is 7.05. The number of furan rings is 1. The van der Waals surface area contributed by atoms with E-state index < -0.39 is 12.0 Å². The number of methoxy groups -OCH3 is 1. The molecule has 1 aliphatic heterocycles. The van der Waals surface area contributed by atoms with Crippen LogP contribution in [0.1, 0.15) is 18.7 Å². The standard InChI is InChI=1S/C19H19ClN2O4S/c1-11-16(18(23)25-9-8-24-2)17(22-19(27)21-11)15-7-6-14(26-15)12-4-3-5-13(20)10-12/h3-7,10,17H,8-9H2,1-2H3,(H2,21,22,27)/t17-/m1/s1. The van der Waals surface area contributed by atoms with Gasteiger partial charge in [-0.25, -0.2) is 4.79 Å². The monoisotopic (exact) mass is 406 g/mol. The molecule has 2 heterocycles. The number of carbonyl (C=O) groups is 1. The van der Waals surface area contributed by atoms with Crippen LogP contribution in [0.25, 0.3) is 11.3 Å². The molecule has 1 aliphatic rings. The molecule has 0 spiro atoms. The number of hydrogen-bond acceptors (Lipinski definition) is 5. The van der Waals surface area contributed by atoms with Crippen molar-refractivity contribution in [1.82, 2.24) is 10.6 Å². The fraction of sp³-hybridized carbons (Fsp3) is 0.263. The third-order valence-corrected chi connectivity index (χ3v) is 4.49. The van der Waals surface area contributed by atoms with Crippen molar-refractivity contribution in [2.45, 2.75) is 13.0 Å². The second kappa shape index (κ2) is 8.56. The van der Waals surface area contributed by atoms with E-state index >= 15 is 0 Å². The Morgan fingerprint density at radius 3 is 2.85 bits per heavy atom. The molecule has 0 unspecified atom stereocenters. The zero-order valence-corrected chi connectivity index (χ0v) is 16.4. The molecular formula is C19H19ClN2O4S. The summed E-state index contributed by atoms with van der Waals surface area (Å²) in [6.45, 7) is 2.25. The van der Waals surface area contributed by atoms with E-state index in [1.54, 1.807) is 26.2 Å². The number of halogens is 1. The number of carbonyl (C=O) groups excluding carboxylic acids is 1. The van der Waals surface area contributed by atoms with Crippen LogP contribution in [0.5, 0.6) is 0 Å². The topological polar surface area (TPSA) is 72.7 Å². The molecule has 1 aromatic carbocycles. The molecule has 0 saturated heterocycles. The summed E-state index contributed by atoms with van der Waals surface area (Å²) in [5.74, 6) is 0.730. The van der Waals surface area contributed by atoms with Gasteiger partial charge in [0.05, 0.1) is 12.2 Å². The van der Waals surface area contributed by atoms with Crippen molar-refractivity contribution >= 4 is 34.9 Å². The van der Waals surface area contributed by atoms with E-state index in [4.69, 9.17) is 37.7 Å². The van der Waals surface area contributed by atoms with E-state index in [-0.39, 0.29) is 6.61 Å². The number of esters is 1. The highest BCUT2D eigenvalue weighted by Crippen LogP contribution is 2.32. The van der Waals surface area contributed by atoms with E-state index in [2.05, 4.69) is 10.6 Å². The smallest absolute Gasteiger partial charge is 0.338 e. The van der Waals surface area contributed by atoms with Crippen LogP contribution in [0.4, 0.5) is 0 Å². The van der Waals surface area contributed by atoms with E-state index in [0.29, 0.717) is 39.5 Å². The Kier molecular flexibility index (Phi) is 6.15. The molecule has 0 saturated carbocycles. The molecule has 0 aliphatic carbocycles. The second-order valence-corrected chi connectivity index (χ2v) is 6.76. The van der Waals surface area contributed by atoms with E-state index in [0.717, 1.165) is 5.56 Å². The van der Waals surface area contributed by atoms with E-state index in [1.165, 1.54) is 0 Å². The summed E-state index contributed by atoms with van der Waals surface area (Å²) in [6, 6.07) is 10.4. The molecule has 3 rings (SSSR count). The molecule has 1 atom stereocenters. The van der Waals surface area contributed by atoms with Gasteiger partial charge in [0.1, 0.15) is 24.2 Å². The lowest BCUT2D eigenvalue weighted by Crippen LogP contribution is -2.45. The van der Waals surface area contributed by atoms with Crippen molar-refractivity contribution in [2.24, 2.45) is 0 Å². The lowest BCUT2D eigenvalue weighted by molar-refractivity contribution is -0.140. The Balaban J connectivity index is 1.90. The Labute approximate surface area is 167 Å². The van der Waals surface area contributed by atoms with Crippen molar-refractivity contribution in [3.8, 4) is 11.3 Å². The van der Waals surface area contributed by atoms with Gasteiger partial charge in [-0.1, -0.05) is 23.7 Å². The lowest BCUT2D eigenvalue weighted by Gasteiger charge is -2.28. The van der Waals surface area contributed by atoms with Crippen LogP contribution >= 0.6 is 23.8 Å². The first kappa shape index (κ1) is 19.4. The van der Waals surface area contributed by atoms with Gasteiger partial charge in [0, 0.05) is 23.4 Å². The summed E-state index contributed by atoms with van der Waals surface area (Å²) < 4.78 is 16.2. The maximum absolute atomic E-state index is 12.6. The number of benzene rings is 1. The molecule has 2 aromatic rings. The minimum atomic E-state index is -0.554. The van der Waals surface area contributed by atoms with Crippen molar-refractivity contribution in [3.63, 3.8) is 0 Å². The highest BCUT2D eigenvalue weighted by Gasteiger charge is 2.33. The Bertz CT molecular complexity index is 893. The van der Waals surface area contributed by atoms with Crippen LogP contribution in [0.3, 0.4) is 0 Å². The highest BCUT2D eigenvalue weighted by atomic mass is 35.5. The number of rotatable bonds is 6. The quantitative estimate of drug-likeness (QED) is 0.431. The first-order chi connectivity index (χ1) is 13.0. The molecule has 0 bridgehead atoms. The summed E-state index contributed by atoms with van der Waals surface area (Å²) in [7, 11) is 1.55. The van der Waals surface area contributed by atoms with E-state index in [1.807, 2.05) is 24.3 Å². The molecule has 27 heavy (non-hydrogen) atoms. The largest absolute Gasteiger partial charge is 0.460 e. The summed E-state index contributed by atoms with van der Waals surface area (Å²) in [4.78, 5) is 12.6. The molecule has 1 aromatic heterocycles. The maximum Gasteiger partial charge on any atom is 0.338 e. The number of hydrogen-bond donors (Lipinski definition) is 2. The Morgan fingerprint density at radius 1 is 1.30 bits per heavy atom. The Hall–Kier alpha value is -2.35. The average Bonchev–Trinajstić information content (AvgIpc) is 3.11. The fourth-order valence-electron chi connectivity index (χ4n) is 2.78. The SMILES string of the molecule is COCCOC(=O)C1=C(C)NC(=S)N[C@@H]1c1ccc(-c2cccc(Cl)c2)o1. The number of allylic oxidation sites excluding steroid dienone is 1. The van der Waals surface area contributed by atoms with Gasteiger partial charge in [0.25, 0.3) is 0 Å². The minimum absolute atomic E-state index is 0.162. The van der Waals surface area contributed by atoms with Gasteiger partial charge in [-0.15, -0.1) is 0 Å². The lowest BCUT2D eigenvalue weighted by atomic mass is 10.0. The van der Waals surface area contributed by atoms with Gasteiger partial charge >= 0.3 is 5.97 Å². The predicted octanol–water partition coefficient (Wildman–Crippen LogP) is 3.58. The maximum atomic E-state index is 12.6. The van der Waals surface area contributed by atoms with Gasteiger partial charge in [-0.3, -0.25) is 0 Å². The third kappa shape index (κ3) is 4.50. The van der Waals surface area contributed by atoms with Gasteiger partial charge < -0.3 is 24.5 Å². The zero-order chi connectivity index (χ0) is 19.4. The van der Waals surface area contributed by atoms with Crippen LogP contribution in [0.2, 0.25) is 5.02 Å². The highest BCUT2D eigenvalue weighted by molar-refractivity contribution is 7.80. The van der Waals surface area contributed by atoms with Gasteiger partial charge in [0.15, 0.2) is 5.11 Å². The first-order valence-corrected chi connectivity index (χ1v) is 9.08. The molecule has 0 fully saturated rings. The minimum Gasteiger partial charge on any atom is -0.460 e. The first-order valence-electron chi connectivity index (χ1n) is 8.29. The van der Waals surface area contributed by atoms with E-state index in [9.17, 15) is 4.79 Å². The number of ether oxygens (including phenoxy) is 2. The van der Waals surface area contributed by atoms with Crippen LogP contribution in [-0.2, 0) is 14.3 Å². The van der Waals surface area contributed by atoms with Crippen LogP contribution in [0.15, 0.2) is 52.1 Å². The third-order valence-electron chi connectivity index (χ3n) is 4.03. The van der Waals surface area contributed by atoms with Gasteiger partial charge in [-0.2, -0.15) is 0 Å². The zero-order valence-electron chi connectivity index (χ0n) is 14.9. The summed E-state index contributed by atoms with van der Waals surface area (Å²) >= 11 is 11.3. The van der Waals surface area contributed by atoms with Crippen molar-refractivity contribution in [1.29, 1.82) is 0 Å². The molecule has 0 radical (unpaired) electrons. The Morgan fingerprint density at radius 2 is 2.11 bits per heavy atom. The normalized spacial score (nSPS) is 16.7. The molecular weight excluding hydrogens is 388 g/mol. The molecule has 142 valence electrons. The molecule has 8 heteroatoms. The van der Waals surface area contributed by atoms with Gasteiger partial charge in [-0.05, 0) is 43.4 Å². The van der Waals surface area contributed by atoms with Crippen molar-refractivity contribution in [2.75, 3.05) is 20.3 Å².